The Kier molecular flexibility index (Phi) is 4.97. The number of amides is 1. The molecule has 0 spiro atoms. The maximum absolute atomic E-state index is 12.2. The number of nitrogens with one attached hydrogen (secondary N) is 2. The molecule has 3 heteroatoms. The van der Waals surface area contributed by atoms with Crippen LogP contribution in [0.2, 0.25) is 0 Å². The van der Waals surface area contributed by atoms with E-state index < -0.39 is 0 Å². The van der Waals surface area contributed by atoms with Gasteiger partial charge in [0, 0.05) is 18.0 Å². The van der Waals surface area contributed by atoms with E-state index in [4.69, 9.17) is 0 Å². The van der Waals surface area contributed by atoms with Crippen LogP contribution in [0, 0.1) is 5.92 Å². The van der Waals surface area contributed by atoms with Crippen LogP contribution in [0.1, 0.15) is 32.3 Å². The van der Waals surface area contributed by atoms with Gasteiger partial charge in [-0.1, -0.05) is 30.3 Å². The predicted molar refractivity (Wildman–Crippen MR) is 77.9 cm³/mol. The van der Waals surface area contributed by atoms with Crippen molar-refractivity contribution in [3.8, 4) is 0 Å². The monoisotopic (exact) mass is 260 g/mol. The maximum Gasteiger partial charge on any atom is 0.223 e. The number of rotatable bonds is 4. The molecule has 1 aromatic rings. The van der Waals surface area contributed by atoms with Crippen LogP contribution in [0.4, 0.5) is 0 Å². The fourth-order valence-electron chi connectivity index (χ4n) is 2.75. The Labute approximate surface area is 115 Å². The largest absolute Gasteiger partial charge is 0.353 e. The molecule has 104 valence electrons. The predicted octanol–water partition coefficient (Wildman–Crippen LogP) is 2.12. The van der Waals surface area contributed by atoms with Crippen LogP contribution in [0.5, 0.6) is 0 Å². The summed E-state index contributed by atoms with van der Waals surface area (Å²) in [5.74, 6) is 0.395. The van der Waals surface area contributed by atoms with Crippen LogP contribution in [0.3, 0.4) is 0 Å². The van der Waals surface area contributed by atoms with Crippen LogP contribution in [-0.4, -0.2) is 24.5 Å². The van der Waals surface area contributed by atoms with Gasteiger partial charge in [0.1, 0.15) is 0 Å². The lowest BCUT2D eigenvalue weighted by atomic mass is 9.92. The second-order valence-electron chi connectivity index (χ2n) is 5.68. The molecule has 0 radical (unpaired) electrons. The van der Waals surface area contributed by atoms with Crippen molar-refractivity contribution < 1.29 is 4.79 Å². The van der Waals surface area contributed by atoms with Gasteiger partial charge in [-0.15, -0.1) is 0 Å². The molecule has 1 fully saturated rings. The van der Waals surface area contributed by atoms with E-state index in [1.54, 1.807) is 0 Å². The van der Waals surface area contributed by atoms with E-state index in [9.17, 15) is 4.79 Å². The standard InChI is InChI=1S/C16H24N2O/c1-12-11-15(8-9-17-12)16(19)18-13(2)10-14-6-4-3-5-7-14/h3-7,12-13,15,17H,8-11H2,1-2H3,(H,18,19). The summed E-state index contributed by atoms with van der Waals surface area (Å²) >= 11 is 0. The Morgan fingerprint density at radius 1 is 1.42 bits per heavy atom. The van der Waals surface area contributed by atoms with Crippen molar-refractivity contribution in [3.63, 3.8) is 0 Å². The van der Waals surface area contributed by atoms with Crippen LogP contribution in [-0.2, 0) is 11.2 Å². The molecule has 1 heterocycles. The van der Waals surface area contributed by atoms with Gasteiger partial charge >= 0.3 is 0 Å². The fraction of sp³-hybridized carbons (Fsp3) is 0.562. The average Bonchev–Trinajstić information content (AvgIpc) is 2.39. The third-order valence-electron chi connectivity index (χ3n) is 3.77. The van der Waals surface area contributed by atoms with Gasteiger partial charge < -0.3 is 10.6 Å². The number of benzene rings is 1. The molecule has 0 bridgehead atoms. The minimum absolute atomic E-state index is 0.175. The molecule has 0 saturated carbocycles. The van der Waals surface area contributed by atoms with Gasteiger partial charge in [-0.25, -0.2) is 0 Å². The highest BCUT2D eigenvalue weighted by Crippen LogP contribution is 2.16. The number of carbonyl (C=O) groups is 1. The van der Waals surface area contributed by atoms with Crippen LogP contribution < -0.4 is 10.6 Å². The van der Waals surface area contributed by atoms with E-state index in [0.717, 1.165) is 25.8 Å². The minimum Gasteiger partial charge on any atom is -0.353 e. The Balaban J connectivity index is 1.81. The van der Waals surface area contributed by atoms with Gasteiger partial charge in [0.05, 0.1) is 0 Å². The molecule has 1 aromatic carbocycles. The zero-order valence-electron chi connectivity index (χ0n) is 11.9. The number of carbonyl (C=O) groups excluding carboxylic acids is 1. The van der Waals surface area contributed by atoms with Gasteiger partial charge in [0.2, 0.25) is 5.91 Å². The van der Waals surface area contributed by atoms with Crippen LogP contribution in [0.15, 0.2) is 30.3 Å². The van der Waals surface area contributed by atoms with E-state index in [2.05, 4.69) is 36.6 Å². The lowest BCUT2D eigenvalue weighted by molar-refractivity contribution is -0.126. The van der Waals surface area contributed by atoms with Crippen molar-refractivity contribution in [1.29, 1.82) is 0 Å². The Morgan fingerprint density at radius 2 is 2.16 bits per heavy atom. The third kappa shape index (κ3) is 4.35. The topological polar surface area (TPSA) is 41.1 Å². The summed E-state index contributed by atoms with van der Waals surface area (Å²) in [6, 6.07) is 11.0. The summed E-state index contributed by atoms with van der Waals surface area (Å²) < 4.78 is 0. The quantitative estimate of drug-likeness (QED) is 0.870. The molecule has 3 atom stereocenters. The SMILES string of the molecule is CC1CC(C(=O)NC(C)Cc2ccccc2)CCN1. The molecule has 19 heavy (non-hydrogen) atoms. The first-order valence-electron chi connectivity index (χ1n) is 7.23. The molecule has 0 aromatic heterocycles. The van der Waals surface area contributed by atoms with Gasteiger partial charge in [0.25, 0.3) is 0 Å². The summed E-state index contributed by atoms with van der Waals surface area (Å²) in [5.41, 5.74) is 1.27. The number of hydrogen-bond acceptors (Lipinski definition) is 2. The lowest BCUT2D eigenvalue weighted by Crippen LogP contribution is -2.45. The second-order valence-corrected chi connectivity index (χ2v) is 5.68. The van der Waals surface area contributed by atoms with Crippen molar-refractivity contribution in [2.24, 2.45) is 5.92 Å². The highest BCUT2D eigenvalue weighted by atomic mass is 16.1. The van der Waals surface area contributed by atoms with Crippen LogP contribution >= 0.6 is 0 Å². The lowest BCUT2D eigenvalue weighted by Gasteiger charge is -2.28. The summed E-state index contributed by atoms with van der Waals surface area (Å²) in [7, 11) is 0. The third-order valence-corrected chi connectivity index (χ3v) is 3.77. The highest BCUT2D eigenvalue weighted by molar-refractivity contribution is 5.79. The Hall–Kier alpha value is -1.35. The molecule has 1 amide bonds. The highest BCUT2D eigenvalue weighted by Gasteiger charge is 2.25. The van der Waals surface area contributed by atoms with E-state index in [0.29, 0.717) is 6.04 Å². The first kappa shape index (κ1) is 14.1. The molecule has 0 aliphatic carbocycles. The zero-order chi connectivity index (χ0) is 13.7. The molecular weight excluding hydrogens is 236 g/mol. The smallest absolute Gasteiger partial charge is 0.223 e. The number of hydrogen-bond donors (Lipinski definition) is 2. The van der Waals surface area contributed by atoms with E-state index >= 15 is 0 Å². The normalized spacial score (nSPS) is 24.7. The first-order valence-corrected chi connectivity index (χ1v) is 7.23. The minimum atomic E-state index is 0.175. The van der Waals surface area contributed by atoms with Crippen molar-refractivity contribution in [1.82, 2.24) is 10.6 Å². The number of piperidine rings is 1. The van der Waals surface area contributed by atoms with E-state index in [1.807, 2.05) is 18.2 Å². The zero-order valence-corrected chi connectivity index (χ0v) is 11.9. The molecule has 2 N–H and O–H groups in total. The van der Waals surface area contributed by atoms with Crippen LogP contribution in [0.25, 0.3) is 0 Å². The van der Waals surface area contributed by atoms with Gasteiger partial charge in [-0.2, -0.15) is 0 Å². The molecule has 1 aliphatic heterocycles. The van der Waals surface area contributed by atoms with Crippen molar-refractivity contribution >= 4 is 5.91 Å². The average molecular weight is 260 g/mol. The molecule has 1 saturated heterocycles. The van der Waals surface area contributed by atoms with Crippen molar-refractivity contribution in [3.05, 3.63) is 35.9 Å². The van der Waals surface area contributed by atoms with E-state index in [-0.39, 0.29) is 17.9 Å². The molecule has 1 aliphatic rings. The van der Waals surface area contributed by atoms with Gasteiger partial charge in [0.15, 0.2) is 0 Å². The Morgan fingerprint density at radius 3 is 2.84 bits per heavy atom. The maximum atomic E-state index is 12.2. The second kappa shape index (κ2) is 6.71. The summed E-state index contributed by atoms with van der Waals surface area (Å²) in [6.07, 6.45) is 2.80. The van der Waals surface area contributed by atoms with E-state index in [1.165, 1.54) is 5.56 Å². The Bertz CT molecular complexity index is 404. The summed E-state index contributed by atoms with van der Waals surface area (Å²) in [6.45, 7) is 5.18. The molecular formula is C16H24N2O. The summed E-state index contributed by atoms with van der Waals surface area (Å²) in [5, 5.41) is 6.53. The van der Waals surface area contributed by atoms with Gasteiger partial charge in [-0.05, 0) is 45.2 Å². The fourth-order valence-corrected chi connectivity index (χ4v) is 2.75. The first-order chi connectivity index (χ1) is 9.15. The molecule has 3 unspecified atom stereocenters. The van der Waals surface area contributed by atoms with Crippen molar-refractivity contribution in [2.75, 3.05) is 6.54 Å². The molecule has 3 nitrogen and oxygen atoms in total. The summed E-state index contributed by atoms with van der Waals surface area (Å²) in [4.78, 5) is 12.2. The molecule has 2 rings (SSSR count). The van der Waals surface area contributed by atoms with Crippen molar-refractivity contribution in [2.45, 2.75) is 45.2 Å². The van der Waals surface area contributed by atoms with Gasteiger partial charge in [-0.3, -0.25) is 4.79 Å².